The number of nitrogens with zero attached hydrogens (tertiary/aromatic N) is 4. The average molecular weight is 287 g/mol. The third kappa shape index (κ3) is 3.39. The standard InChI is InChI=1S/C15H21N5O/c1-5-16-15-17-12-9-7-6-8-11(12)14(18-15)20(4)10-13(21)19(2)3/h6-9H,5,10H2,1-4H3,(H,16,17,18). The molecule has 6 nitrogen and oxygen atoms in total. The molecule has 0 fully saturated rings. The van der Waals surface area contributed by atoms with E-state index in [1.54, 1.807) is 19.0 Å². The molecule has 0 aliphatic heterocycles. The summed E-state index contributed by atoms with van der Waals surface area (Å²) >= 11 is 0. The zero-order valence-electron chi connectivity index (χ0n) is 12.9. The Morgan fingerprint density at radius 1 is 1.19 bits per heavy atom. The van der Waals surface area contributed by atoms with E-state index < -0.39 is 0 Å². The lowest BCUT2D eigenvalue weighted by Crippen LogP contribution is -2.35. The van der Waals surface area contributed by atoms with Gasteiger partial charge in [-0.05, 0) is 19.1 Å². The summed E-state index contributed by atoms with van der Waals surface area (Å²) in [5, 5.41) is 4.06. The van der Waals surface area contributed by atoms with Gasteiger partial charge >= 0.3 is 0 Å². The van der Waals surface area contributed by atoms with Gasteiger partial charge in [0, 0.05) is 33.1 Å². The van der Waals surface area contributed by atoms with Crippen LogP contribution in [0.2, 0.25) is 0 Å². The van der Waals surface area contributed by atoms with Crippen LogP contribution >= 0.6 is 0 Å². The maximum atomic E-state index is 11.9. The van der Waals surface area contributed by atoms with Crippen molar-refractivity contribution in [3.63, 3.8) is 0 Å². The molecule has 0 bridgehead atoms. The van der Waals surface area contributed by atoms with E-state index in [-0.39, 0.29) is 12.5 Å². The lowest BCUT2D eigenvalue weighted by Gasteiger charge is -2.22. The molecular weight excluding hydrogens is 266 g/mol. The molecule has 112 valence electrons. The SMILES string of the molecule is CCNc1nc(N(C)CC(=O)N(C)C)c2ccccc2n1. The highest BCUT2D eigenvalue weighted by Gasteiger charge is 2.14. The number of amides is 1. The second-order valence-electron chi connectivity index (χ2n) is 5.06. The molecular formula is C15H21N5O. The van der Waals surface area contributed by atoms with Gasteiger partial charge in [-0.15, -0.1) is 0 Å². The van der Waals surface area contributed by atoms with Gasteiger partial charge in [-0.2, -0.15) is 4.98 Å². The van der Waals surface area contributed by atoms with Crippen LogP contribution in [0.3, 0.4) is 0 Å². The Balaban J connectivity index is 2.42. The monoisotopic (exact) mass is 287 g/mol. The molecule has 0 aliphatic carbocycles. The zero-order valence-corrected chi connectivity index (χ0v) is 12.9. The van der Waals surface area contributed by atoms with Crippen molar-refractivity contribution in [2.75, 3.05) is 44.4 Å². The summed E-state index contributed by atoms with van der Waals surface area (Å²) in [4.78, 5) is 24.3. The van der Waals surface area contributed by atoms with Crippen LogP contribution in [-0.4, -0.2) is 55.0 Å². The second kappa shape index (κ2) is 6.39. The van der Waals surface area contributed by atoms with Crippen molar-refractivity contribution in [3.05, 3.63) is 24.3 Å². The van der Waals surface area contributed by atoms with Gasteiger partial charge in [-0.25, -0.2) is 4.98 Å². The highest BCUT2D eigenvalue weighted by molar-refractivity contribution is 5.92. The van der Waals surface area contributed by atoms with Crippen LogP contribution in [0.4, 0.5) is 11.8 Å². The van der Waals surface area contributed by atoms with E-state index in [0.29, 0.717) is 5.95 Å². The average Bonchev–Trinajstić information content (AvgIpc) is 2.46. The molecule has 21 heavy (non-hydrogen) atoms. The van der Waals surface area contributed by atoms with Gasteiger partial charge in [0.25, 0.3) is 0 Å². The Morgan fingerprint density at radius 2 is 1.90 bits per heavy atom. The number of carbonyl (C=O) groups is 1. The molecule has 0 saturated carbocycles. The van der Waals surface area contributed by atoms with Crippen LogP contribution < -0.4 is 10.2 Å². The van der Waals surface area contributed by atoms with Crippen LogP contribution in [0.25, 0.3) is 10.9 Å². The predicted molar refractivity (Wildman–Crippen MR) is 85.7 cm³/mol. The van der Waals surface area contributed by atoms with E-state index >= 15 is 0 Å². The number of anilines is 2. The molecule has 0 aliphatic rings. The van der Waals surface area contributed by atoms with Gasteiger partial charge in [0.1, 0.15) is 5.82 Å². The molecule has 1 N–H and O–H groups in total. The molecule has 1 aromatic heterocycles. The number of hydrogen-bond donors (Lipinski definition) is 1. The first-order chi connectivity index (χ1) is 10.0. The summed E-state index contributed by atoms with van der Waals surface area (Å²) in [7, 11) is 5.36. The van der Waals surface area contributed by atoms with Crippen LogP contribution in [0.1, 0.15) is 6.92 Å². The topological polar surface area (TPSA) is 61.4 Å². The van der Waals surface area contributed by atoms with Gasteiger partial charge in [-0.1, -0.05) is 12.1 Å². The summed E-state index contributed by atoms with van der Waals surface area (Å²) in [6, 6.07) is 7.81. The van der Waals surface area contributed by atoms with E-state index in [9.17, 15) is 4.79 Å². The van der Waals surface area contributed by atoms with Crippen LogP contribution in [0.5, 0.6) is 0 Å². The van der Waals surface area contributed by atoms with Crippen molar-refractivity contribution in [3.8, 4) is 0 Å². The van der Waals surface area contributed by atoms with E-state index in [1.165, 1.54) is 0 Å². The van der Waals surface area contributed by atoms with Crippen molar-refractivity contribution >= 4 is 28.6 Å². The number of likely N-dealkylation sites (N-methyl/N-ethyl adjacent to an activating group) is 2. The molecule has 0 spiro atoms. The van der Waals surface area contributed by atoms with Crippen LogP contribution in [0.15, 0.2) is 24.3 Å². The summed E-state index contributed by atoms with van der Waals surface area (Å²) in [6.45, 7) is 3.02. The number of rotatable bonds is 5. The molecule has 2 aromatic rings. The quantitative estimate of drug-likeness (QED) is 0.905. The third-order valence-corrected chi connectivity index (χ3v) is 3.15. The van der Waals surface area contributed by atoms with Gasteiger partial charge in [-0.3, -0.25) is 4.79 Å². The van der Waals surface area contributed by atoms with Crippen molar-refractivity contribution in [1.29, 1.82) is 0 Å². The zero-order chi connectivity index (χ0) is 15.4. The number of nitrogens with one attached hydrogen (secondary N) is 1. The fourth-order valence-electron chi connectivity index (χ4n) is 2.01. The molecule has 2 rings (SSSR count). The molecule has 1 heterocycles. The normalized spacial score (nSPS) is 10.5. The Hall–Kier alpha value is -2.37. The van der Waals surface area contributed by atoms with Gasteiger partial charge in [0.05, 0.1) is 12.1 Å². The van der Waals surface area contributed by atoms with Crippen molar-refractivity contribution in [2.24, 2.45) is 0 Å². The third-order valence-electron chi connectivity index (χ3n) is 3.15. The highest BCUT2D eigenvalue weighted by atomic mass is 16.2. The number of benzene rings is 1. The fraction of sp³-hybridized carbons (Fsp3) is 0.400. The fourth-order valence-corrected chi connectivity index (χ4v) is 2.01. The number of para-hydroxylation sites is 1. The first-order valence-electron chi connectivity index (χ1n) is 6.95. The van der Waals surface area contributed by atoms with Crippen molar-refractivity contribution < 1.29 is 4.79 Å². The first kappa shape index (κ1) is 15.0. The molecule has 0 radical (unpaired) electrons. The molecule has 0 saturated heterocycles. The van der Waals surface area contributed by atoms with Gasteiger partial charge < -0.3 is 15.1 Å². The minimum absolute atomic E-state index is 0.0326. The Labute approximate surface area is 124 Å². The largest absolute Gasteiger partial charge is 0.354 e. The lowest BCUT2D eigenvalue weighted by molar-refractivity contribution is -0.127. The first-order valence-corrected chi connectivity index (χ1v) is 6.95. The summed E-state index contributed by atoms with van der Waals surface area (Å²) < 4.78 is 0. The molecule has 6 heteroatoms. The van der Waals surface area contributed by atoms with Gasteiger partial charge in [0.15, 0.2) is 0 Å². The molecule has 1 aromatic carbocycles. The predicted octanol–water partition coefficient (Wildman–Crippen LogP) is 1.59. The highest BCUT2D eigenvalue weighted by Crippen LogP contribution is 2.24. The lowest BCUT2D eigenvalue weighted by atomic mass is 10.2. The van der Waals surface area contributed by atoms with Crippen LogP contribution in [0, 0.1) is 0 Å². The van der Waals surface area contributed by atoms with E-state index in [2.05, 4.69) is 15.3 Å². The smallest absolute Gasteiger partial charge is 0.241 e. The van der Waals surface area contributed by atoms with E-state index in [1.807, 2.05) is 43.1 Å². The molecule has 1 amide bonds. The number of fused-ring (bicyclic) bond motifs is 1. The summed E-state index contributed by atoms with van der Waals surface area (Å²) in [6.07, 6.45) is 0. The minimum atomic E-state index is 0.0326. The Bertz CT molecular complexity index is 641. The van der Waals surface area contributed by atoms with E-state index in [0.717, 1.165) is 23.3 Å². The summed E-state index contributed by atoms with van der Waals surface area (Å²) in [5.74, 6) is 1.37. The number of aromatic nitrogens is 2. The number of carbonyl (C=O) groups excluding carboxylic acids is 1. The molecule has 0 unspecified atom stereocenters. The minimum Gasteiger partial charge on any atom is -0.354 e. The molecule has 0 atom stereocenters. The maximum Gasteiger partial charge on any atom is 0.241 e. The Kier molecular flexibility index (Phi) is 4.57. The second-order valence-corrected chi connectivity index (χ2v) is 5.06. The van der Waals surface area contributed by atoms with Crippen molar-refractivity contribution in [1.82, 2.24) is 14.9 Å². The van der Waals surface area contributed by atoms with Crippen LogP contribution in [-0.2, 0) is 4.79 Å². The Morgan fingerprint density at radius 3 is 2.57 bits per heavy atom. The van der Waals surface area contributed by atoms with Crippen molar-refractivity contribution in [2.45, 2.75) is 6.92 Å². The maximum absolute atomic E-state index is 11.9. The van der Waals surface area contributed by atoms with Gasteiger partial charge in [0.2, 0.25) is 11.9 Å². The summed E-state index contributed by atoms with van der Waals surface area (Å²) in [5.41, 5.74) is 0.864. The van der Waals surface area contributed by atoms with E-state index in [4.69, 9.17) is 0 Å². The number of hydrogen-bond acceptors (Lipinski definition) is 5.